The molecule has 0 saturated carbocycles. The number of rotatable bonds is 5. The van der Waals surface area contributed by atoms with E-state index >= 15 is 0 Å². The Kier molecular flexibility index (Phi) is 6.16. The summed E-state index contributed by atoms with van der Waals surface area (Å²) in [5, 5.41) is 2.50. The van der Waals surface area contributed by atoms with Crippen LogP contribution in [0.3, 0.4) is 0 Å². The van der Waals surface area contributed by atoms with E-state index in [1.54, 1.807) is 6.92 Å². The van der Waals surface area contributed by atoms with Crippen LogP contribution < -0.4 is 5.32 Å². The largest absolute Gasteiger partial charge is 0.450 e. The molecule has 2 aromatic rings. The molecule has 0 aliphatic heterocycles. The Bertz CT molecular complexity index is 705. The highest BCUT2D eigenvalue weighted by molar-refractivity contribution is 5.86. The number of carbonyl (C=O) groups excluding carboxylic acids is 2. The summed E-state index contributed by atoms with van der Waals surface area (Å²) in [6.45, 7) is 2.94. The summed E-state index contributed by atoms with van der Waals surface area (Å²) >= 11 is 0. The van der Waals surface area contributed by atoms with Gasteiger partial charge in [0.15, 0.2) is 12.1 Å². The van der Waals surface area contributed by atoms with Gasteiger partial charge in [-0.1, -0.05) is 66.6 Å². The second-order valence-electron chi connectivity index (χ2n) is 5.17. The van der Waals surface area contributed by atoms with Gasteiger partial charge in [-0.2, -0.15) is 0 Å². The third-order valence-electron chi connectivity index (χ3n) is 3.31. The molecule has 0 fully saturated rings. The van der Waals surface area contributed by atoms with E-state index in [2.05, 4.69) is 17.2 Å². The standard InChI is InChI=1S/C20H19NO3/c1-3-10-18(21-15(2)22)20(23)24-19(16-11-6-4-7-12-16)17-13-8-5-9-14-17/h4-9,11-14,18-19H,1-2H3,(H,21,22). The minimum Gasteiger partial charge on any atom is -0.450 e. The van der Waals surface area contributed by atoms with E-state index in [4.69, 9.17) is 4.74 Å². The van der Waals surface area contributed by atoms with Crippen LogP contribution in [0.15, 0.2) is 60.7 Å². The van der Waals surface area contributed by atoms with Crippen molar-refractivity contribution in [1.29, 1.82) is 0 Å². The van der Waals surface area contributed by atoms with Gasteiger partial charge >= 0.3 is 5.97 Å². The quantitative estimate of drug-likeness (QED) is 0.680. The molecular formula is C20H19NO3. The van der Waals surface area contributed by atoms with E-state index in [-0.39, 0.29) is 5.91 Å². The fourth-order valence-electron chi connectivity index (χ4n) is 2.27. The monoisotopic (exact) mass is 321 g/mol. The Morgan fingerprint density at radius 1 is 0.958 bits per heavy atom. The topological polar surface area (TPSA) is 55.4 Å². The molecule has 4 nitrogen and oxygen atoms in total. The van der Waals surface area contributed by atoms with Gasteiger partial charge in [0.25, 0.3) is 0 Å². The molecule has 0 heterocycles. The molecule has 1 amide bonds. The van der Waals surface area contributed by atoms with E-state index < -0.39 is 18.1 Å². The highest BCUT2D eigenvalue weighted by Crippen LogP contribution is 2.26. The van der Waals surface area contributed by atoms with Crippen LogP contribution in [0.5, 0.6) is 0 Å². The molecule has 2 rings (SSSR count). The molecule has 0 aliphatic carbocycles. The predicted molar refractivity (Wildman–Crippen MR) is 91.9 cm³/mol. The zero-order valence-electron chi connectivity index (χ0n) is 13.7. The van der Waals surface area contributed by atoms with E-state index in [0.29, 0.717) is 0 Å². The molecule has 2 aromatic carbocycles. The summed E-state index contributed by atoms with van der Waals surface area (Å²) in [6, 6.07) is 17.9. The minimum absolute atomic E-state index is 0.337. The molecule has 0 spiro atoms. The Morgan fingerprint density at radius 3 is 1.88 bits per heavy atom. The molecular weight excluding hydrogens is 302 g/mol. The lowest BCUT2D eigenvalue weighted by atomic mass is 10.0. The Hall–Kier alpha value is -3.06. The third kappa shape index (κ3) is 4.72. The predicted octanol–water partition coefficient (Wildman–Crippen LogP) is 2.85. The van der Waals surface area contributed by atoms with E-state index in [1.807, 2.05) is 60.7 Å². The molecule has 122 valence electrons. The molecule has 0 bridgehead atoms. The third-order valence-corrected chi connectivity index (χ3v) is 3.31. The van der Waals surface area contributed by atoms with Crippen molar-refractivity contribution in [1.82, 2.24) is 5.32 Å². The summed E-state index contributed by atoms with van der Waals surface area (Å²) in [5.41, 5.74) is 1.70. The Labute approximate surface area is 141 Å². The van der Waals surface area contributed by atoms with Crippen molar-refractivity contribution >= 4 is 11.9 Å². The van der Waals surface area contributed by atoms with Crippen molar-refractivity contribution in [3.8, 4) is 11.8 Å². The van der Waals surface area contributed by atoms with E-state index in [9.17, 15) is 9.59 Å². The molecule has 4 heteroatoms. The molecule has 0 radical (unpaired) electrons. The summed E-state index contributed by atoms with van der Waals surface area (Å²) in [6.07, 6.45) is -0.560. The van der Waals surface area contributed by atoms with E-state index in [0.717, 1.165) is 11.1 Å². The summed E-state index contributed by atoms with van der Waals surface area (Å²) in [7, 11) is 0. The maximum Gasteiger partial charge on any atom is 0.342 e. The van der Waals surface area contributed by atoms with E-state index in [1.165, 1.54) is 6.92 Å². The second kappa shape index (κ2) is 8.54. The summed E-state index contributed by atoms with van der Waals surface area (Å²) in [5.74, 6) is 4.38. The SMILES string of the molecule is CC#CC(NC(C)=O)C(=O)OC(c1ccccc1)c1ccccc1. The molecule has 24 heavy (non-hydrogen) atoms. The first-order valence-corrected chi connectivity index (χ1v) is 7.61. The van der Waals surface area contributed by atoms with Crippen molar-refractivity contribution in [3.05, 3.63) is 71.8 Å². The highest BCUT2D eigenvalue weighted by Gasteiger charge is 2.24. The van der Waals surface area contributed by atoms with Crippen molar-refractivity contribution in [2.45, 2.75) is 26.0 Å². The zero-order chi connectivity index (χ0) is 17.4. The zero-order valence-corrected chi connectivity index (χ0v) is 13.7. The van der Waals surface area contributed by atoms with Crippen LogP contribution in [0.2, 0.25) is 0 Å². The van der Waals surface area contributed by atoms with Gasteiger partial charge in [-0.15, -0.1) is 5.92 Å². The van der Waals surface area contributed by atoms with Crippen LogP contribution in [0.4, 0.5) is 0 Å². The molecule has 0 aromatic heterocycles. The number of esters is 1. The van der Waals surface area contributed by atoms with Crippen LogP contribution in [0.25, 0.3) is 0 Å². The van der Waals surface area contributed by atoms with Crippen molar-refractivity contribution in [2.24, 2.45) is 0 Å². The molecule has 1 N–H and O–H groups in total. The number of hydrogen-bond donors (Lipinski definition) is 1. The van der Waals surface area contributed by atoms with Gasteiger partial charge in [-0.3, -0.25) is 4.79 Å². The van der Waals surface area contributed by atoms with Crippen LogP contribution in [0, 0.1) is 11.8 Å². The number of nitrogens with one attached hydrogen (secondary N) is 1. The number of hydrogen-bond acceptors (Lipinski definition) is 3. The van der Waals surface area contributed by atoms with Gasteiger partial charge in [-0.05, 0) is 18.1 Å². The first-order valence-electron chi connectivity index (χ1n) is 7.61. The average molecular weight is 321 g/mol. The first kappa shape index (κ1) is 17.3. The highest BCUT2D eigenvalue weighted by atomic mass is 16.5. The van der Waals surface area contributed by atoms with Crippen molar-refractivity contribution < 1.29 is 14.3 Å². The van der Waals surface area contributed by atoms with Gasteiger partial charge in [-0.25, -0.2) is 4.79 Å². The maximum atomic E-state index is 12.5. The van der Waals surface area contributed by atoms with Gasteiger partial charge in [0.2, 0.25) is 5.91 Å². The fraction of sp³-hybridized carbons (Fsp3) is 0.200. The number of carbonyl (C=O) groups is 2. The number of ether oxygens (including phenoxy) is 1. The minimum atomic E-state index is -0.984. The van der Waals surface area contributed by atoms with Gasteiger partial charge in [0.05, 0.1) is 0 Å². The van der Waals surface area contributed by atoms with Crippen molar-refractivity contribution in [2.75, 3.05) is 0 Å². The number of amides is 1. The molecule has 0 saturated heterocycles. The lowest BCUT2D eigenvalue weighted by Gasteiger charge is -2.21. The number of benzene rings is 2. The van der Waals surface area contributed by atoms with Gasteiger partial charge < -0.3 is 10.1 Å². The second-order valence-corrected chi connectivity index (χ2v) is 5.17. The Morgan fingerprint density at radius 2 is 1.46 bits per heavy atom. The van der Waals surface area contributed by atoms with Crippen molar-refractivity contribution in [3.63, 3.8) is 0 Å². The molecule has 0 aliphatic rings. The van der Waals surface area contributed by atoms with Crippen LogP contribution in [-0.4, -0.2) is 17.9 Å². The summed E-state index contributed by atoms with van der Waals surface area (Å²) in [4.78, 5) is 23.8. The van der Waals surface area contributed by atoms with Crippen LogP contribution >= 0.6 is 0 Å². The van der Waals surface area contributed by atoms with Gasteiger partial charge in [0, 0.05) is 6.92 Å². The molecule has 1 atom stereocenters. The lowest BCUT2D eigenvalue weighted by Crippen LogP contribution is -2.40. The Balaban J connectivity index is 2.29. The smallest absolute Gasteiger partial charge is 0.342 e. The molecule has 1 unspecified atom stereocenters. The maximum absolute atomic E-state index is 12.5. The van der Waals surface area contributed by atoms with Crippen LogP contribution in [0.1, 0.15) is 31.1 Å². The lowest BCUT2D eigenvalue weighted by molar-refractivity contribution is -0.149. The average Bonchev–Trinajstić information content (AvgIpc) is 2.60. The van der Waals surface area contributed by atoms with Gasteiger partial charge in [0.1, 0.15) is 0 Å². The fourth-order valence-corrected chi connectivity index (χ4v) is 2.27. The first-order chi connectivity index (χ1) is 11.6. The summed E-state index contributed by atoms with van der Waals surface area (Å²) < 4.78 is 5.68. The van der Waals surface area contributed by atoms with Crippen LogP contribution in [-0.2, 0) is 14.3 Å². The normalized spacial score (nSPS) is 11.1.